The number of carbonyl (C=O) groups excluding carboxylic acids is 1. The lowest BCUT2D eigenvalue weighted by Gasteiger charge is -2.23. The van der Waals surface area contributed by atoms with Gasteiger partial charge in [-0.2, -0.15) is 5.10 Å². The molecule has 1 amide bonds. The molecule has 1 aromatic heterocycles. The summed E-state index contributed by atoms with van der Waals surface area (Å²) < 4.78 is 5.26. The Morgan fingerprint density at radius 2 is 2.00 bits per heavy atom. The Morgan fingerprint density at radius 3 is 2.45 bits per heavy atom. The topological polar surface area (TPSA) is 127 Å². The number of amides is 1. The SMILES string of the molecule is C=C/C=C(\C(=C/C)c1cc([C@H](CC=C)NC(=O)OC(C)(C)C)n[nH]c1=O)[N+](=O)[O-].CC. The minimum atomic E-state index is -0.694. The molecule has 0 aliphatic carbocycles. The lowest BCUT2D eigenvalue weighted by atomic mass is 10.0. The highest BCUT2D eigenvalue weighted by Crippen LogP contribution is 2.24. The number of hydrogen-bond donors (Lipinski definition) is 2. The van der Waals surface area contributed by atoms with Gasteiger partial charge in [0.15, 0.2) is 0 Å². The number of allylic oxidation sites excluding steroid dienone is 4. The second-order valence-corrected chi connectivity index (χ2v) is 7.01. The van der Waals surface area contributed by atoms with E-state index in [1.807, 2.05) is 13.8 Å². The maximum Gasteiger partial charge on any atom is 0.408 e. The second-order valence-electron chi connectivity index (χ2n) is 7.01. The number of alkyl carbamates (subject to hydrolysis) is 1. The van der Waals surface area contributed by atoms with Crippen molar-refractivity contribution in [1.82, 2.24) is 15.5 Å². The summed E-state index contributed by atoms with van der Waals surface area (Å²) in [6.07, 6.45) is 5.13. The zero-order valence-electron chi connectivity index (χ0n) is 19.0. The molecule has 9 nitrogen and oxygen atoms in total. The quantitative estimate of drug-likeness (QED) is 0.265. The molecule has 0 aliphatic rings. The maximum atomic E-state index is 12.3. The van der Waals surface area contributed by atoms with Gasteiger partial charge in [-0.25, -0.2) is 9.89 Å². The number of nitrogens with one attached hydrogen (secondary N) is 2. The summed E-state index contributed by atoms with van der Waals surface area (Å²) in [5.41, 5.74) is -1.14. The van der Waals surface area contributed by atoms with Gasteiger partial charge < -0.3 is 10.1 Å². The first-order valence-corrected chi connectivity index (χ1v) is 9.88. The molecule has 1 aromatic rings. The first-order valence-electron chi connectivity index (χ1n) is 9.88. The van der Waals surface area contributed by atoms with Gasteiger partial charge in [0.25, 0.3) is 11.3 Å². The number of nitro groups is 1. The van der Waals surface area contributed by atoms with E-state index in [9.17, 15) is 19.7 Å². The van der Waals surface area contributed by atoms with Gasteiger partial charge in [0, 0.05) is 6.08 Å². The minimum absolute atomic E-state index is 0.0438. The zero-order valence-corrected chi connectivity index (χ0v) is 19.0. The maximum absolute atomic E-state index is 12.3. The average molecular weight is 433 g/mol. The molecule has 2 N–H and O–H groups in total. The molecule has 0 fully saturated rings. The molecule has 1 heterocycles. The number of ether oxygens (including phenoxy) is 1. The molecule has 9 heteroatoms. The molecule has 31 heavy (non-hydrogen) atoms. The largest absolute Gasteiger partial charge is 0.444 e. The molecule has 1 atom stereocenters. The Labute approximate surface area is 182 Å². The molecule has 0 saturated carbocycles. The summed E-state index contributed by atoms with van der Waals surface area (Å²) >= 11 is 0. The molecule has 0 saturated heterocycles. The fourth-order valence-electron chi connectivity index (χ4n) is 2.47. The van der Waals surface area contributed by atoms with E-state index in [4.69, 9.17) is 4.74 Å². The first kappa shape index (κ1) is 27.5. The van der Waals surface area contributed by atoms with E-state index in [0.29, 0.717) is 12.1 Å². The third kappa shape index (κ3) is 8.81. The number of aromatic nitrogens is 2. The molecule has 0 unspecified atom stereocenters. The van der Waals surface area contributed by atoms with E-state index < -0.39 is 28.2 Å². The van der Waals surface area contributed by atoms with Gasteiger partial charge in [-0.15, -0.1) is 6.58 Å². The normalized spacial score (nSPS) is 12.7. The number of H-pyrrole nitrogens is 1. The van der Waals surface area contributed by atoms with Crippen molar-refractivity contribution >= 4 is 11.7 Å². The van der Waals surface area contributed by atoms with Gasteiger partial charge in [0.05, 0.1) is 27.8 Å². The first-order chi connectivity index (χ1) is 14.5. The van der Waals surface area contributed by atoms with Crippen LogP contribution in [0.25, 0.3) is 5.57 Å². The van der Waals surface area contributed by atoms with Crippen LogP contribution in [0.4, 0.5) is 4.79 Å². The van der Waals surface area contributed by atoms with Gasteiger partial charge in [-0.05, 0) is 40.2 Å². The summed E-state index contributed by atoms with van der Waals surface area (Å²) in [7, 11) is 0. The average Bonchev–Trinajstić information content (AvgIpc) is 2.68. The highest BCUT2D eigenvalue weighted by atomic mass is 16.6. The van der Waals surface area contributed by atoms with Crippen molar-refractivity contribution in [2.24, 2.45) is 0 Å². The highest BCUT2D eigenvalue weighted by molar-refractivity contribution is 5.76. The van der Waals surface area contributed by atoms with Crippen molar-refractivity contribution in [3.8, 4) is 0 Å². The van der Waals surface area contributed by atoms with Crippen molar-refractivity contribution in [2.45, 2.75) is 59.6 Å². The van der Waals surface area contributed by atoms with Gasteiger partial charge in [-0.3, -0.25) is 14.9 Å². The Morgan fingerprint density at radius 1 is 1.39 bits per heavy atom. The van der Waals surface area contributed by atoms with Crippen LogP contribution in [0.5, 0.6) is 0 Å². The van der Waals surface area contributed by atoms with Crippen molar-refractivity contribution in [3.63, 3.8) is 0 Å². The molecule has 0 aromatic carbocycles. The number of aromatic amines is 1. The molecule has 0 spiro atoms. The monoisotopic (exact) mass is 432 g/mol. The fourth-order valence-corrected chi connectivity index (χ4v) is 2.47. The Bertz CT molecular complexity index is 907. The predicted octanol–water partition coefficient (Wildman–Crippen LogP) is 4.69. The zero-order chi connectivity index (χ0) is 24.2. The van der Waals surface area contributed by atoms with Gasteiger partial charge in [0.2, 0.25) is 0 Å². The Kier molecular flexibility index (Phi) is 11.5. The molecule has 0 radical (unpaired) electrons. The van der Waals surface area contributed by atoms with Crippen molar-refractivity contribution in [1.29, 1.82) is 0 Å². The Balaban J connectivity index is 0.00000436. The van der Waals surface area contributed by atoms with E-state index in [0.717, 1.165) is 0 Å². The van der Waals surface area contributed by atoms with Crippen LogP contribution in [0.2, 0.25) is 0 Å². The number of carbonyl (C=O) groups is 1. The van der Waals surface area contributed by atoms with Crippen LogP contribution < -0.4 is 10.9 Å². The van der Waals surface area contributed by atoms with Crippen molar-refractivity contribution in [3.05, 3.63) is 81.0 Å². The van der Waals surface area contributed by atoms with Crippen LogP contribution in [0, 0.1) is 10.1 Å². The lowest BCUT2D eigenvalue weighted by molar-refractivity contribution is -0.416. The molecule has 0 aliphatic heterocycles. The van der Waals surface area contributed by atoms with Gasteiger partial charge in [0.1, 0.15) is 5.60 Å². The molecular formula is C22H32N4O5. The molecule has 0 bridgehead atoms. The van der Waals surface area contributed by atoms with Crippen LogP contribution >= 0.6 is 0 Å². The summed E-state index contributed by atoms with van der Waals surface area (Å²) in [6, 6.07) is 0.749. The minimum Gasteiger partial charge on any atom is -0.444 e. The van der Waals surface area contributed by atoms with Crippen LogP contribution in [0.3, 0.4) is 0 Å². The van der Waals surface area contributed by atoms with Crippen molar-refractivity contribution < 1.29 is 14.5 Å². The number of hydrogen-bond acceptors (Lipinski definition) is 6. The lowest BCUT2D eigenvalue weighted by Crippen LogP contribution is -2.35. The van der Waals surface area contributed by atoms with E-state index in [1.165, 1.54) is 24.3 Å². The van der Waals surface area contributed by atoms with Crippen LogP contribution in [-0.2, 0) is 4.74 Å². The van der Waals surface area contributed by atoms with Crippen molar-refractivity contribution in [2.75, 3.05) is 0 Å². The molecular weight excluding hydrogens is 400 g/mol. The summed E-state index contributed by atoms with van der Waals surface area (Å²) in [5, 5.41) is 20.4. The summed E-state index contributed by atoms with van der Waals surface area (Å²) in [6.45, 7) is 17.9. The Hall–Kier alpha value is -3.49. The molecule has 170 valence electrons. The van der Waals surface area contributed by atoms with Gasteiger partial charge in [-0.1, -0.05) is 38.7 Å². The number of nitrogens with zero attached hydrogens (tertiary/aromatic N) is 2. The van der Waals surface area contributed by atoms with E-state index >= 15 is 0 Å². The summed E-state index contributed by atoms with van der Waals surface area (Å²) in [5.74, 6) is 0. The van der Waals surface area contributed by atoms with Gasteiger partial charge >= 0.3 is 6.09 Å². The number of rotatable bonds is 8. The standard InChI is InChI=1S/C20H26N4O5.C2H6/c1-7-10-15(21-19(26)29-20(4,5)6)16-12-14(18(25)23-22-16)13(9-3)17(11-8-2)24(27)28;1-2/h7-9,11-12,15H,1-2,10H2,3-6H3,(H,21,26)(H,23,25);1-2H3/b13-9-,17-11+;/t15-;/m0./s1. The highest BCUT2D eigenvalue weighted by Gasteiger charge is 2.24. The second kappa shape index (κ2) is 12.9. The fraction of sp³-hybridized carbons (Fsp3) is 0.409. The van der Waals surface area contributed by atoms with Crippen LogP contribution in [0.1, 0.15) is 65.3 Å². The van der Waals surface area contributed by atoms with Crippen LogP contribution in [0.15, 0.2) is 54.0 Å². The third-order valence-corrected chi connectivity index (χ3v) is 3.60. The predicted molar refractivity (Wildman–Crippen MR) is 122 cm³/mol. The van der Waals surface area contributed by atoms with E-state index in [1.54, 1.807) is 33.8 Å². The molecule has 1 rings (SSSR count). The van der Waals surface area contributed by atoms with Crippen LogP contribution in [-0.4, -0.2) is 26.8 Å². The summed E-state index contributed by atoms with van der Waals surface area (Å²) in [4.78, 5) is 35.3. The third-order valence-electron chi connectivity index (χ3n) is 3.60. The smallest absolute Gasteiger partial charge is 0.408 e. The van der Waals surface area contributed by atoms with E-state index in [2.05, 4.69) is 28.7 Å². The van der Waals surface area contributed by atoms with E-state index in [-0.39, 0.29) is 16.8 Å².